The van der Waals surface area contributed by atoms with E-state index in [2.05, 4.69) is 25.7 Å². The SMILES string of the molecule is Cn1c2ccccc2c2nnc(N/N=C/c3ccc(O)c([N+](=O)[O-])c3)nc21. The third-order valence-electron chi connectivity index (χ3n) is 4.08. The summed E-state index contributed by atoms with van der Waals surface area (Å²) in [5, 5.41) is 33.5. The molecule has 0 atom stereocenters. The van der Waals surface area contributed by atoms with Crippen LogP contribution in [-0.2, 0) is 7.05 Å². The van der Waals surface area contributed by atoms with Gasteiger partial charge in [-0.05, 0) is 18.2 Å². The van der Waals surface area contributed by atoms with Crippen LogP contribution in [0.5, 0.6) is 5.75 Å². The number of aryl methyl sites for hydroxylation is 1. The van der Waals surface area contributed by atoms with Crippen molar-refractivity contribution in [3.05, 3.63) is 58.1 Å². The quantitative estimate of drug-likeness (QED) is 0.323. The number of hydrazone groups is 1. The minimum Gasteiger partial charge on any atom is -0.502 e. The van der Waals surface area contributed by atoms with Gasteiger partial charge in [0.2, 0.25) is 0 Å². The van der Waals surface area contributed by atoms with Gasteiger partial charge in [0.1, 0.15) is 5.52 Å². The summed E-state index contributed by atoms with van der Waals surface area (Å²) in [6, 6.07) is 11.7. The summed E-state index contributed by atoms with van der Waals surface area (Å²) in [6.45, 7) is 0. The van der Waals surface area contributed by atoms with E-state index in [-0.39, 0.29) is 5.95 Å². The third kappa shape index (κ3) is 2.88. The van der Waals surface area contributed by atoms with Crippen molar-refractivity contribution in [3.8, 4) is 5.75 Å². The van der Waals surface area contributed by atoms with Gasteiger partial charge in [-0.1, -0.05) is 18.2 Å². The van der Waals surface area contributed by atoms with Crippen molar-refractivity contribution in [2.24, 2.45) is 12.1 Å². The molecule has 0 fully saturated rings. The maximum atomic E-state index is 10.9. The average molecular weight is 363 g/mol. The Bertz CT molecular complexity index is 1220. The number of benzene rings is 2. The van der Waals surface area contributed by atoms with Crippen molar-refractivity contribution in [1.82, 2.24) is 19.7 Å². The molecular formula is C17H13N7O3. The summed E-state index contributed by atoms with van der Waals surface area (Å²) in [6.07, 6.45) is 1.36. The molecular weight excluding hydrogens is 350 g/mol. The predicted octanol–water partition coefficient (Wildman–Crippen LogP) is 2.58. The Hall–Kier alpha value is -4.08. The Kier molecular flexibility index (Phi) is 3.84. The van der Waals surface area contributed by atoms with Gasteiger partial charge in [0, 0.05) is 24.1 Å². The van der Waals surface area contributed by atoms with Crippen molar-refractivity contribution in [1.29, 1.82) is 0 Å². The molecule has 0 spiro atoms. The number of rotatable bonds is 4. The zero-order chi connectivity index (χ0) is 19.0. The van der Waals surface area contributed by atoms with Gasteiger partial charge >= 0.3 is 5.69 Å². The first-order valence-electron chi connectivity index (χ1n) is 7.89. The Morgan fingerprint density at radius 3 is 2.89 bits per heavy atom. The van der Waals surface area contributed by atoms with Crippen LogP contribution in [0.15, 0.2) is 47.6 Å². The van der Waals surface area contributed by atoms with E-state index in [0.717, 1.165) is 10.9 Å². The number of hydrogen-bond acceptors (Lipinski definition) is 8. The Morgan fingerprint density at radius 2 is 2.07 bits per heavy atom. The van der Waals surface area contributed by atoms with E-state index < -0.39 is 16.4 Å². The zero-order valence-corrected chi connectivity index (χ0v) is 14.1. The molecule has 2 aromatic heterocycles. The van der Waals surface area contributed by atoms with Crippen LogP contribution in [-0.4, -0.2) is 36.0 Å². The highest BCUT2D eigenvalue weighted by Crippen LogP contribution is 2.26. The van der Waals surface area contributed by atoms with Gasteiger partial charge in [0.05, 0.1) is 16.7 Å². The molecule has 0 aliphatic carbocycles. The average Bonchev–Trinajstić information content (AvgIpc) is 2.95. The number of hydrogen-bond donors (Lipinski definition) is 2. The minimum atomic E-state index is -0.666. The van der Waals surface area contributed by atoms with Crippen LogP contribution in [0.1, 0.15) is 5.56 Å². The fourth-order valence-corrected chi connectivity index (χ4v) is 2.79. The summed E-state index contributed by atoms with van der Waals surface area (Å²) < 4.78 is 1.91. The molecule has 0 bridgehead atoms. The summed E-state index contributed by atoms with van der Waals surface area (Å²) >= 11 is 0. The van der Waals surface area contributed by atoms with Crippen LogP contribution < -0.4 is 5.43 Å². The highest BCUT2D eigenvalue weighted by atomic mass is 16.6. The standard InChI is InChI=1S/C17H13N7O3/c1-23-12-5-3-2-4-11(12)15-16(23)19-17(22-20-15)21-18-9-10-6-7-14(25)13(8-10)24(26)27/h2-9,25H,1H3,(H,19,21,22)/b18-9+. The number of phenols is 1. The van der Waals surface area contributed by atoms with E-state index in [4.69, 9.17) is 0 Å². The lowest BCUT2D eigenvalue weighted by atomic mass is 10.2. The van der Waals surface area contributed by atoms with Gasteiger partial charge < -0.3 is 9.67 Å². The normalized spacial score (nSPS) is 11.4. The summed E-state index contributed by atoms with van der Waals surface area (Å²) in [5.74, 6) is -0.211. The lowest BCUT2D eigenvalue weighted by Crippen LogP contribution is -2.01. The second kappa shape index (κ2) is 6.33. The minimum absolute atomic E-state index is 0.193. The zero-order valence-electron chi connectivity index (χ0n) is 14.1. The fraction of sp³-hybridized carbons (Fsp3) is 0.0588. The first-order valence-corrected chi connectivity index (χ1v) is 7.89. The van der Waals surface area contributed by atoms with Crippen LogP contribution in [0, 0.1) is 10.1 Å². The number of nitrogens with one attached hydrogen (secondary N) is 1. The summed E-state index contributed by atoms with van der Waals surface area (Å²) in [4.78, 5) is 14.6. The smallest absolute Gasteiger partial charge is 0.311 e. The van der Waals surface area contributed by atoms with E-state index in [1.807, 2.05) is 35.9 Å². The molecule has 0 saturated carbocycles. The molecule has 2 aromatic carbocycles. The number of aromatic hydroxyl groups is 1. The molecule has 10 nitrogen and oxygen atoms in total. The molecule has 2 N–H and O–H groups in total. The molecule has 0 aliphatic rings. The van der Waals surface area contributed by atoms with Crippen LogP contribution >= 0.6 is 0 Å². The van der Waals surface area contributed by atoms with Crippen LogP contribution in [0.25, 0.3) is 22.1 Å². The predicted molar refractivity (Wildman–Crippen MR) is 99.8 cm³/mol. The lowest BCUT2D eigenvalue weighted by molar-refractivity contribution is -0.385. The Labute approximate surface area is 151 Å². The topological polar surface area (TPSA) is 131 Å². The van der Waals surface area contributed by atoms with Gasteiger partial charge in [-0.25, -0.2) is 5.43 Å². The second-order valence-corrected chi connectivity index (χ2v) is 5.76. The number of nitro groups is 1. The maximum absolute atomic E-state index is 10.9. The number of anilines is 1. The lowest BCUT2D eigenvalue weighted by Gasteiger charge is -2.00. The van der Waals surface area contributed by atoms with Gasteiger partial charge in [0.15, 0.2) is 11.4 Å². The monoisotopic (exact) mass is 363 g/mol. The highest BCUT2D eigenvalue weighted by molar-refractivity contribution is 6.04. The number of para-hydroxylation sites is 1. The second-order valence-electron chi connectivity index (χ2n) is 5.76. The van der Waals surface area contributed by atoms with Crippen molar-refractivity contribution in [2.75, 3.05) is 5.43 Å². The van der Waals surface area contributed by atoms with E-state index in [1.165, 1.54) is 24.4 Å². The van der Waals surface area contributed by atoms with E-state index in [9.17, 15) is 15.2 Å². The molecule has 2 heterocycles. The van der Waals surface area contributed by atoms with Crippen LogP contribution in [0.2, 0.25) is 0 Å². The summed E-state index contributed by atoms with van der Waals surface area (Å²) in [7, 11) is 1.89. The Morgan fingerprint density at radius 1 is 1.26 bits per heavy atom. The molecule has 27 heavy (non-hydrogen) atoms. The molecule has 0 unspecified atom stereocenters. The maximum Gasteiger partial charge on any atom is 0.311 e. The molecule has 10 heteroatoms. The molecule has 4 aromatic rings. The van der Waals surface area contributed by atoms with Crippen molar-refractivity contribution in [2.45, 2.75) is 0 Å². The van der Waals surface area contributed by atoms with Crippen molar-refractivity contribution in [3.63, 3.8) is 0 Å². The first kappa shape index (κ1) is 16.4. The van der Waals surface area contributed by atoms with E-state index >= 15 is 0 Å². The molecule has 0 amide bonds. The van der Waals surface area contributed by atoms with E-state index in [1.54, 1.807) is 0 Å². The summed E-state index contributed by atoms with van der Waals surface area (Å²) in [5.41, 5.74) is 5.04. The number of phenolic OH excluding ortho intramolecular Hbond substituents is 1. The molecule has 0 saturated heterocycles. The van der Waals surface area contributed by atoms with E-state index in [0.29, 0.717) is 16.7 Å². The molecule has 134 valence electrons. The number of nitro benzene ring substituents is 1. The highest BCUT2D eigenvalue weighted by Gasteiger charge is 2.13. The number of nitrogens with zero attached hydrogens (tertiary/aromatic N) is 6. The van der Waals surface area contributed by atoms with Crippen LogP contribution in [0.3, 0.4) is 0 Å². The van der Waals surface area contributed by atoms with Gasteiger partial charge in [-0.3, -0.25) is 10.1 Å². The molecule has 0 radical (unpaired) electrons. The van der Waals surface area contributed by atoms with Gasteiger partial charge in [-0.15, -0.1) is 10.2 Å². The first-order chi connectivity index (χ1) is 13.0. The van der Waals surface area contributed by atoms with Crippen LogP contribution in [0.4, 0.5) is 11.6 Å². The largest absolute Gasteiger partial charge is 0.502 e. The number of fused-ring (bicyclic) bond motifs is 3. The van der Waals surface area contributed by atoms with Crippen molar-refractivity contribution >= 4 is 39.9 Å². The van der Waals surface area contributed by atoms with Gasteiger partial charge in [0.25, 0.3) is 5.95 Å². The third-order valence-corrected chi connectivity index (χ3v) is 4.08. The Balaban J connectivity index is 1.62. The fourth-order valence-electron chi connectivity index (χ4n) is 2.79. The van der Waals surface area contributed by atoms with Gasteiger partial charge in [-0.2, -0.15) is 10.1 Å². The molecule has 4 rings (SSSR count). The molecule has 0 aliphatic heterocycles. The number of aromatic nitrogens is 4. The van der Waals surface area contributed by atoms with Crippen molar-refractivity contribution < 1.29 is 10.0 Å².